The Morgan fingerprint density at radius 2 is 0.800 bits per heavy atom. The van der Waals surface area contributed by atoms with E-state index in [1.807, 2.05) is 110 Å². The fraction of sp³-hybridized carbons (Fsp3) is 0.551. The van der Waals surface area contributed by atoms with Crippen LogP contribution in [0, 0.1) is 19.8 Å². The van der Waals surface area contributed by atoms with Crippen molar-refractivity contribution in [3.8, 4) is 0 Å². The topological polar surface area (TPSA) is 183 Å². The Kier molecular flexibility index (Phi) is 28.7. The van der Waals surface area contributed by atoms with E-state index in [2.05, 4.69) is 146 Å². The lowest BCUT2D eigenvalue weighted by atomic mass is 10.00. The van der Waals surface area contributed by atoms with Gasteiger partial charge < -0.3 is 34.2 Å². The van der Waals surface area contributed by atoms with Crippen molar-refractivity contribution in [1.29, 1.82) is 0 Å². The van der Waals surface area contributed by atoms with Crippen LogP contribution in [0.25, 0.3) is 43.6 Å². The van der Waals surface area contributed by atoms with Crippen LogP contribution in [0.1, 0.15) is 172 Å². The quantitative estimate of drug-likeness (QED) is 0.161. The van der Waals surface area contributed by atoms with E-state index in [0.29, 0.717) is 44.3 Å². The summed E-state index contributed by atoms with van der Waals surface area (Å²) in [6.07, 6.45) is 15.2. The number of carbonyl (C=O) groups is 3. The molecule has 2 N–H and O–H groups in total. The van der Waals surface area contributed by atoms with Crippen LogP contribution in [0.4, 0.5) is 14.4 Å². The number of carbonyl (C=O) groups excluding carboxylic acids is 3. The van der Waals surface area contributed by atoms with Gasteiger partial charge in [-0.3, -0.25) is 19.1 Å². The number of hydrogen-bond acceptors (Lipinski definition) is 11. The van der Waals surface area contributed by atoms with Crippen LogP contribution < -0.4 is 5.32 Å². The summed E-state index contributed by atoms with van der Waals surface area (Å²) in [5.41, 5.74) is 5.95. The Bertz CT molecular complexity index is 3390. The lowest BCUT2D eigenvalue weighted by molar-refractivity contribution is 0.0176. The molecule has 0 saturated carbocycles. The first-order valence-electron chi connectivity index (χ1n) is 30.5. The van der Waals surface area contributed by atoms with Crippen LogP contribution in [-0.2, 0) is 14.2 Å². The van der Waals surface area contributed by atoms with Crippen LogP contribution >= 0.6 is 44.3 Å². The molecular formula is C69H103Br2ClN12O6. The SMILES string of the molecule is Brc1ccc2[nH]ncc2c1.C.C.C.CC(C)(C)OC(=O)N1CCC(n2ncc3cc(Br)ccc32)CC1.CC1CCN(C(=O)OC(C)(C)C)CC1.Cc1ccc2c(cnn2C2CCN(C(=O)OC(C)(C)C)CC2)c1.Cc1ccc2c(cnn2C2CCNCC2)c1.Cl. The van der Waals surface area contributed by atoms with Crippen molar-refractivity contribution in [2.45, 2.75) is 192 Å². The van der Waals surface area contributed by atoms with Gasteiger partial charge in [-0.25, -0.2) is 14.4 Å². The third kappa shape index (κ3) is 22.0. The zero-order valence-electron chi connectivity index (χ0n) is 52.9. The Hall–Kier alpha value is -6.22. The third-order valence-corrected chi connectivity index (χ3v) is 16.5. The minimum Gasteiger partial charge on any atom is -0.444 e. The molecule has 0 atom stereocenters. The summed E-state index contributed by atoms with van der Waals surface area (Å²) in [6, 6.07) is 26.4. The minimum atomic E-state index is -0.445. The van der Waals surface area contributed by atoms with E-state index in [9.17, 15) is 14.4 Å². The van der Waals surface area contributed by atoms with Gasteiger partial charge in [0.2, 0.25) is 0 Å². The smallest absolute Gasteiger partial charge is 0.410 e. The number of nitrogens with zero attached hydrogens (tertiary/aromatic N) is 10. The zero-order chi connectivity index (χ0) is 61.9. The molecule has 90 heavy (non-hydrogen) atoms. The first-order valence-corrected chi connectivity index (χ1v) is 32.1. The Labute approximate surface area is 558 Å². The molecule has 0 unspecified atom stereocenters. The Balaban J connectivity index is 0.000000244. The molecule has 12 rings (SSSR count). The number of piperidine rings is 4. The summed E-state index contributed by atoms with van der Waals surface area (Å²) in [5.74, 6) is 0.744. The average molecular weight is 1390 g/mol. The molecule has 4 fully saturated rings. The lowest BCUT2D eigenvalue weighted by Gasteiger charge is -2.33. The predicted octanol–water partition coefficient (Wildman–Crippen LogP) is 17.9. The average Bonchev–Trinajstić information content (AvgIpc) is 1.95. The number of ether oxygens (including phenoxy) is 3. The van der Waals surface area contributed by atoms with Gasteiger partial charge in [0.15, 0.2) is 0 Å². The highest BCUT2D eigenvalue weighted by molar-refractivity contribution is 9.10. The maximum absolute atomic E-state index is 12.1. The highest BCUT2D eigenvalue weighted by Crippen LogP contribution is 2.31. The Morgan fingerprint density at radius 1 is 0.467 bits per heavy atom. The number of aromatic nitrogens is 8. The summed E-state index contributed by atoms with van der Waals surface area (Å²) in [7, 11) is 0. The van der Waals surface area contributed by atoms with Crippen molar-refractivity contribution in [2.24, 2.45) is 5.92 Å². The normalized spacial score (nSPS) is 16.0. The van der Waals surface area contributed by atoms with Gasteiger partial charge in [0.1, 0.15) is 16.8 Å². The summed E-state index contributed by atoms with van der Waals surface area (Å²) in [4.78, 5) is 41.3. The summed E-state index contributed by atoms with van der Waals surface area (Å²) < 4.78 is 24.7. The van der Waals surface area contributed by atoms with E-state index in [1.54, 1.807) is 16.0 Å². The summed E-state index contributed by atoms with van der Waals surface area (Å²) >= 11 is 6.87. The van der Waals surface area contributed by atoms with Gasteiger partial charge in [0, 0.05) is 69.8 Å². The highest BCUT2D eigenvalue weighted by Gasteiger charge is 2.31. The van der Waals surface area contributed by atoms with Crippen LogP contribution in [0.3, 0.4) is 0 Å². The minimum absolute atomic E-state index is 0. The lowest BCUT2D eigenvalue weighted by Crippen LogP contribution is -2.42. The van der Waals surface area contributed by atoms with Crippen LogP contribution in [-0.4, -0.2) is 142 Å². The monoisotopic (exact) mass is 1390 g/mol. The van der Waals surface area contributed by atoms with Gasteiger partial charge in [0.05, 0.1) is 65.0 Å². The van der Waals surface area contributed by atoms with E-state index in [-0.39, 0.29) is 58.6 Å². The van der Waals surface area contributed by atoms with Crippen molar-refractivity contribution in [1.82, 2.24) is 59.6 Å². The first-order chi connectivity index (χ1) is 40.8. The molecule has 0 spiro atoms. The van der Waals surface area contributed by atoms with E-state index >= 15 is 0 Å². The van der Waals surface area contributed by atoms with E-state index < -0.39 is 11.2 Å². The van der Waals surface area contributed by atoms with Crippen LogP contribution in [0.15, 0.2) is 107 Å². The van der Waals surface area contributed by atoms with Gasteiger partial charge >= 0.3 is 18.3 Å². The number of nitrogens with one attached hydrogen (secondary N) is 2. The van der Waals surface area contributed by atoms with Crippen molar-refractivity contribution in [2.75, 3.05) is 52.4 Å². The first kappa shape index (κ1) is 76.2. The third-order valence-electron chi connectivity index (χ3n) is 15.5. The van der Waals surface area contributed by atoms with Gasteiger partial charge in [-0.15, -0.1) is 12.4 Å². The maximum Gasteiger partial charge on any atom is 0.410 e. The second-order valence-electron chi connectivity index (χ2n) is 26.2. The summed E-state index contributed by atoms with van der Waals surface area (Å²) in [5, 5.41) is 28.5. The molecule has 4 saturated heterocycles. The molecule has 3 amide bonds. The molecule has 0 aliphatic carbocycles. The fourth-order valence-corrected chi connectivity index (χ4v) is 11.7. The zero-order valence-corrected chi connectivity index (χ0v) is 56.9. The van der Waals surface area contributed by atoms with Crippen molar-refractivity contribution in [3.05, 3.63) is 118 Å². The Morgan fingerprint density at radius 3 is 1.19 bits per heavy atom. The molecule has 8 aromatic rings. The van der Waals surface area contributed by atoms with Crippen LogP contribution in [0.5, 0.6) is 0 Å². The second kappa shape index (κ2) is 33.9. The molecule has 4 aliphatic heterocycles. The fourth-order valence-electron chi connectivity index (χ4n) is 11.0. The molecule has 0 bridgehead atoms. The van der Waals surface area contributed by atoms with Crippen molar-refractivity contribution >= 4 is 106 Å². The standard InChI is InChI=1S/C18H25N3O2.C17H22BrN3O2.C13H17N3.C11H21NO2.C7H5BrN2.3CH4.ClH/c1-13-5-6-16-14(11-13)12-19-21(16)15-7-9-20(10-8-15)17(22)23-18(2,3)4;1-17(2,3)23-16(22)20-8-6-14(7-9-20)21-15-5-4-13(18)10-12(15)11-19-21;1-10-2-3-13-11(8-10)9-15-16(13)12-4-6-14-7-5-12;1-9-5-7-12(8-6-9)10(13)14-11(2,3)4;8-6-1-2-7-5(3-6)4-9-10-7;;;;/h5-6,11-12,15H,7-10H2,1-4H3;4-5,10-11,14H,6-9H2,1-3H3;2-3,8-9,12,14H,4-7H2,1H3;9H,5-8H2,1-4H3;1-4H,(H,9,10);3*1H4;1H. The van der Waals surface area contributed by atoms with Crippen molar-refractivity contribution < 1.29 is 28.6 Å². The number of halogens is 3. The molecule has 4 aromatic carbocycles. The van der Waals surface area contributed by atoms with Crippen molar-refractivity contribution in [3.63, 3.8) is 0 Å². The molecule has 8 heterocycles. The summed E-state index contributed by atoms with van der Waals surface area (Å²) in [6.45, 7) is 30.3. The number of hydrogen-bond donors (Lipinski definition) is 2. The molecular weight excluding hydrogens is 1290 g/mol. The van der Waals surface area contributed by atoms with Gasteiger partial charge in [-0.1, -0.05) is 84.3 Å². The largest absolute Gasteiger partial charge is 0.444 e. The number of H-pyrrole nitrogens is 1. The molecule has 21 heteroatoms. The van der Waals surface area contributed by atoms with Gasteiger partial charge in [-0.2, -0.15) is 20.4 Å². The number of fused-ring (bicyclic) bond motifs is 4. The van der Waals surface area contributed by atoms with E-state index in [1.165, 1.54) is 45.8 Å². The molecule has 18 nitrogen and oxygen atoms in total. The number of rotatable bonds is 3. The second-order valence-corrected chi connectivity index (χ2v) is 28.1. The predicted molar refractivity (Wildman–Crippen MR) is 377 cm³/mol. The van der Waals surface area contributed by atoms with Crippen LogP contribution in [0.2, 0.25) is 0 Å². The van der Waals surface area contributed by atoms with E-state index in [0.717, 1.165) is 101 Å². The molecule has 4 aliphatic rings. The number of benzene rings is 4. The van der Waals surface area contributed by atoms with Gasteiger partial charge in [0.25, 0.3) is 0 Å². The maximum atomic E-state index is 12.1. The number of amides is 3. The molecule has 496 valence electrons. The molecule has 4 aromatic heterocycles. The number of aryl methyl sites for hydroxylation is 2. The van der Waals surface area contributed by atoms with Gasteiger partial charge in [-0.05, 0) is 207 Å². The number of aromatic amines is 1. The number of likely N-dealkylation sites (tertiary alicyclic amines) is 3. The van der Waals surface area contributed by atoms with E-state index in [4.69, 9.17) is 14.2 Å². The highest BCUT2D eigenvalue weighted by atomic mass is 79.9. The molecule has 0 radical (unpaired) electrons.